The summed E-state index contributed by atoms with van der Waals surface area (Å²) in [4.78, 5) is 0. The third-order valence-electron chi connectivity index (χ3n) is 1.94. The molecule has 1 aromatic rings. The number of aryl methyl sites for hydroxylation is 1. The van der Waals surface area contributed by atoms with Crippen LogP contribution in [0.4, 0.5) is 0 Å². The van der Waals surface area contributed by atoms with Crippen LogP contribution in [0.2, 0.25) is 0 Å². The highest BCUT2D eigenvalue weighted by Crippen LogP contribution is 2.25. The van der Waals surface area contributed by atoms with Crippen molar-refractivity contribution >= 4 is 19.7 Å². The van der Waals surface area contributed by atoms with E-state index in [-0.39, 0.29) is 11.2 Å². The Hall–Kier alpha value is -0.550. The Bertz CT molecular complexity index is 457. The summed E-state index contributed by atoms with van der Waals surface area (Å²) in [5, 5.41) is 4.26. The SMILES string of the molecule is Cn1cc(CS(=O)(=O)Cl)c(C(C)(C)C)n1. The lowest BCUT2D eigenvalue weighted by Crippen LogP contribution is -2.15. The summed E-state index contributed by atoms with van der Waals surface area (Å²) in [6.45, 7) is 5.96. The van der Waals surface area contributed by atoms with Gasteiger partial charge in [0.2, 0.25) is 9.05 Å². The Morgan fingerprint density at radius 1 is 1.47 bits per heavy atom. The second-order valence-corrected chi connectivity index (χ2v) is 7.39. The minimum absolute atomic E-state index is 0.172. The fourth-order valence-corrected chi connectivity index (χ4v) is 2.40. The van der Waals surface area contributed by atoms with Gasteiger partial charge in [-0.1, -0.05) is 20.8 Å². The van der Waals surface area contributed by atoms with E-state index in [2.05, 4.69) is 5.10 Å². The van der Waals surface area contributed by atoms with Crippen LogP contribution in [-0.2, 0) is 27.3 Å². The molecule has 0 saturated heterocycles. The fourth-order valence-electron chi connectivity index (χ4n) is 1.46. The molecule has 1 aromatic heterocycles. The second-order valence-electron chi connectivity index (χ2n) is 4.61. The zero-order chi connectivity index (χ0) is 11.9. The molecule has 0 atom stereocenters. The predicted octanol–water partition coefficient (Wildman–Crippen LogP) is 1.79. The number of hydrogen-bond acceptors (Lipinski definition) is 3. The van der Waals surface area contributed by atoms with Crippen molar-refractivity contribution < 1.29 is 8.42 Å². The normalized spacial score (nSPS) is 13.1. The number of nitrogens with zero attached hydrogens (tertiary/aromatic N) is 2. The first-order valence-corrected chi connectivity index (χ1v) is 7.03. The average Bonchev–Trinajstić information content (AvgIpc) is 2.25. The lowest BCUT2D eigenvalue weighted by Gasteiger charge is -2.16. The highest BCUT2D eigenvalue weighted by atomic mass is 35.7. The highest BCUT2D eigenvalue weighted by Gasteiger charge is 2.24. The number of hydrogen-bond donors (Lipinski definition) is 0. The molecule has 0 aromatic carbocycles. The summed E-state index contributed by atoms with van der Waals surface area (Å²) in [6.07, 6.45) is 1.69. The molecule has 0 unspecified atom stereocenters. The van der Waals surface area contributed by atoms with Gasteiger partial charge >= 0.3 is 0 Å². The zero-order valence-electron chi connectivity index (χ0n) is 9.28. The largest absolute Gasteiger partial charge is 0.275 e. The van der Waals surface area contributed by atoms with E-state index < -0.39 is 9.05 Å². The lowest BCUT2D eigenvalue weighted by atomic mass is 9.90. The molecular weight excluding hydrogens is 236 g/mol. The molecule has 0 amide bonds. The van der Waals surface area contributed by atoms with Gasteiger partial charge in [-0.05, 0) is 0 Å². The van der Waals surface area contributed by atoms with Crippen LogP contribution in [0.5, 0.6) is 0 Å². The number of halogens is 1. The van der Waals surface area contributed by atoms with Crippen LogP contribution >= 0.6 is 10.7 Å². The predicted molar refractivity (Wildman–Crippen MR) is 60.4 cm³/mol. The van der Waals surface area contributed by atoms with Crippen LogP contribution in [0, 0.1) is 0 Å². The van der Waals surface area contributed by atoms with E-state index in [1.807, 2.05) is 20.8 Å². The zero-order valence-corrected chi connectivity index (χ0v) is 10.9. The Labute approximate surface area is 94.7 Å². The highest BCUT2D eigenvalue weighted by molar-refractivity contribution is 8.13. The summed E-state index contributed by atoms with van der Waals surface area (Å²) in [7, 11) is 3.47. The first-order valence-electron chi connectivity index (χ1n) is 4.55. The van der Waals surface area contributed by atoms with Gasteiger partial charge in [0.1, 0.15) is 0 Å². The Morgan fingerprint density at radius 3 is 2.40 bits per heavy atom. The Morgan fingerprint density at radius 2 is 2.00 bits per heavy atom. The maximum absolute atomic E-state index is 11.0. The van der Waals surface area contributed by atoms with E-state index in [1.165, 1.54) is 0 Å². The number of rotatable bonds is 2. The van der Waals surface area contributed by atoms with Gasteiger partial charge in [-0.25, -0.2) is 8.42 Å². The number of aromatic nitrogens is 2. The molecule has 86 valence electrons. The topological polar surface area (TPSA) is 52.0 Å². The molecule has 4 nitrogen and oxygen atoms in total. The van der Waals surface area contributed by atoms with Crippen molar-refractivity contribution in [3.8, 4) is 0 Å². The van der Waals surface area contributed by atoms with Crippen molar-refractivity contribution in [2.24, 2.45) is 7.05 Å². The first-order chi connectivity index (χ1) is 6.59. The molecule has 15 heavy (non-hydrogen) atoms. The van der Waals surface area contributed by atoms with Gasteiger partial charge in [-0.2, -0.15) is 5.10 Å². The van der Waals surface area contributed by atoms with Crippen LogP contribution in [0.3, 0.4) is 0 Å². The molecule has 0 aliphatic rings. The summed E-state index contributed by atoms with van der Waals surface area (Å²) >= 11 is 0. The van der Waals surface area contributed by atoms with Crippen LogP contribution in [0.15, 0.2) is 6.20 Å². The molecule has 0 aliphatic carbocycles. The van der Waals surface area contributed by atoms with Crippen molar-refractivity contribution in [2.45, 2.75) is 31.9 Å². The van der Waals surface area contributed by atoms with Crippen LogP contribution in [-0.4, -0.2) is 18.2 Å². The van der Waals surface area contributed by atoms with Gasteiger partial charge in [0.05, 0.1) is 11.4 Å². The van der Waals surface area contributed by atoms with Gasteiger partial charge in [0, 0.05) is 34.9 Å². The smallest absolute Gasteiger partial charge is 0.236 e. The van der Waals surface area contributed by atoms with Crippen molar-refractivity contribution in [3.63, 3.8) is 0 Å². The molecule has 0 radical (unpaired) electrons. The summed E-state index contributed by atoms with van der Waals surface area (Å²) in [5.74, 6) is -0.172. The lowest BCUT2D eigenvalue weighted by molar-refractivity contribution is 0.549. The van der Waals surface area contributed by atoms with E-state index in [0.717, 1.165) is 5.69 Å². The molecule has 0 N–H and O–H groups in total. The van der Waals surface area contributed by atoms with E-state index in [1.54, 1.807) is 17.9 Å². The van der Waals surface area contributed by atoms with Crippen molar-refractivity contribution in [3.05, 3.63) is 17.5 Å². The van der Waals surface area contributed by atoms with Crippen LogP contribution in [0.25, 0.3) is 0 Å². The molecular formula is C9H15ClN2O2S. The van der Waals surface area contributed by atoms with Crippen LogP contribution in [0.1, 0.15) is 32.0 Å². The first kappa shape index (κ1) is 12.5. The summed E-state index contributed by atoms with van der Waals surface area (Å²) in [5.41, 5.74) is 1.26. The summed E-state index contributed by atoms with van der Waals surface area (Å²) < 4.78 is 23.6. The quantitative estimate of drug-likeness (QED) is 0.752. The molecule has 0 saturated carbocycles. The Balaban J connectivity index is 3.19. The molecule has 6 heteroatoms. The summed E-state index contributed by atoms with van der Waals surface area (Å²) in [6, 6.07) is 0. The minimum Gasteiger partial charge on any atom is -0.275 e. The standard InChI is InChI=1S/C9H15ClN2O2S/c1-9(2,3)8-7(5-12(4)11-8)6-15(10,13)14/h5H,6H2,1-4H3. The van der Waals surface area contributed by atoms with E-state index in [0.29, 0.717) is 5.56 Å². The average molecular weight is 251 g/mol. The fraction of sp³-hybridized carbons (Fsp3) is 0.667. The third kappa shape index (κ3) is 3.50. The van der Waals surface area contributed by atoms with Gasteiger partial charge in [0.25, 0.3) is 0 Å². The molecule has 1 rings (SSSR count). The third-order valence-corrected chi connectivity index (χ3v) is 2.93. The molecule has 0 bridgehead atoms. The maximum Gasteiger partial charge on any atom is 0.236 e. The van der Waals surface area contributed by atoms with Crippen molar-refractivity contribution in [1.29, 1.82) is 0 Å². The van der Waals surface area contributed by atoms with Crippen LogP contribution < -0.4 is 0 Å². The van der Waals surface area contributed by atoms with E-state index >= 15 is 0 Å². The van der Waals surface area contributed by atoms with E-state index in [4.69, 9.17) is 10.7 Å². The monoisotopic (exact) mass is 250 g/mol. The van der Waals surface area contributed by atoms with Crippen molar-refractivity contribution in [1.82, 2.24) is 9.78 Å². The molecule has 1 heterocycles. The Kier molecular flexibility index (Phi) is 3.16. The van der Waals surface area contributed by atoms with Gasteiger partial charge < -0.3 is 0 Å². The molecule has 0 fully saturated rings. The second kappa shape index (κ2) is 3.79. The maximum atomic E-state index is 11.0. The van der Waals surface area contributed by atoms with Gasteiger partial charge in [-0.15, -0.1) is 0 Å². The minimum atomic E-state index is -3.53. The molecule has 0 spiro atoms. The van der Waals surface area contributed by atoms with E-state index in [9.17, 15) is 8.42 Å². The van der Waals surface area contributed by atoms with Crippen molar-refractivity contribution in [2.75, 3.05) is 0 Å². The van der Waals surface area contributed by atoms with Gasteiger partial charge in [-0.3, -0.25) is 4.68 Å². The molecule has 0 aliphatic heterocycles. The van der Waals surface area contributed by atoms with Gasteiger partial charge in [0.15, 0.2) is 0 Å².